The maximum atomic E-state index is 12.8. The summed E-state index contributed by atoms with van der Waals surface area (Å²) in [7, 11) is -2.47. The number of fused-ring (bicyclic) bond motifs is 1. The first-order valence-corrected chi connectivity index (χ1v) is 12.4. The number of aromatic nitrogens is 4. The molecule has 0 bridgehead atoms. The van der Waals surface area contributed by atoms with Crippen molar-refractivity contribution < 1.29 is 13.2 Å². The normalized spacial score (nSPS) is 11.6. The Kier molecular flexibility index (Phi) is 6.54. The molecule has 0 fully saturated rings. The highest BCUT2D eigenvalue weighted by Crippen LogP contribution is 2.31. The van der Waals surface area contributed by atoms with Crippen LogP contribution in [0.4, 0.5) is 5.69 Å². The highest BCUT2D eigenvalue weighted by molar-refractivity contribution is 7.99. The van der Waals surface area contributed by atoms with Gasteiger partial charge in [-0.1, -0.05) is 36.7 Å². The van der Waals surface area contributed by atoms with Gasteiger partial charge in [-0.2, -0.15) is 14.6 Å². The maximum absolute atomic E-state index is 12.8. The minimum atomic E-state index is -3.88. The summed E-state index contributed by atoms with van der Waals surface area (Å²) in [6, 6.07) is 13.5. The van der Waals surface area contributed by atoms with Crippen molar-refractivity contribution in [3.8, 4) is 5.75 Å². The van der Waals surface area contributed by atoms with Crippen molar-refractivity contribution in [1.82, 2.24) is 19.6 Å². The second-order valence-electron chi connectivity index (χ2n) is 6.83. The Balaban J connectivity index is 1.56. The third-order valence-electron chi connectivity index (χ3n) is 4.52. The molecule has 2 heterocycles. The Labute approximate surface area is 195 Å². The summed E-state index contributed by atoms with van der Waals surface area (Å²) < 4.78 is 35.1. The molecule has 0 amide bonds. The van der Waals surface area contributed by atoms with Gasteiger partial charge in [-0.3, -0.25) is 4.72 Å². The van der Waals surface area contributed by atoms with E-state index in [4.69, 9.17) is 16.3 Å². The van der Waals surface area contributed by atoms with Crippen molar-refractivity contribution >= 4 is 44.9 Å². The Morgan fingerprint density at radius 3 is 2.66 bits per heavy atom. The van der Waals surface area contributed by atoms with E-state index in [2.05, 4.69) is 26.7 Å². The van der Waals surface area contributed by atoms with Crippen molar-refractivity contribution in [2.75, 3.05) is 11.8 Å². The monoisotopic (exact) mass is 489 g/mol. The second-order valence-corrected chi connectivity index (χ2v) is 10.0. The van der Waals surface area contributed by atoms with Gasteiger partial charge in [-0.25, -0.2) is 13.4 Å². The number of methoxy groups -OCH3 is 1. The molecule has 0 radical (unpaired) electrons. The molecule has 166 valence electrons. The largest absolute Gasteiger partial charge is 0.495 e. The smallest absolute Gasteiger partial charge is 0.265 e. The van der Waals surface area contributed by atoms with Gasteiger partial charge < -0.3 is 4.74 Å². The zero-order valence-corrected chi connectivity index (χ0v) is 19.7. The molecule has 1 N–H and O–H groups in total. The van der Waals surface area contributed by atoms with Crippen molar-refractivity contribution in [2.24, 2.45) is 0 Å². The van der Waals surface area contributed by atoms with E-state index in [1.165, 1.54) is 37.3 Å². The lowest BCUT2D eigenvalue weighted by molar-refractivity contribution is 0.403. The summed E-state index contributed by atoms with van der Waals surface area (Å²) in [4.78, 5) is 9.60. The third-order valence-corrected chi connectivity index (χ3v) is 7.17. The molecule has 0 saturated carbocycles. The minimum absolute atomic E-state index is 0.0280. The Morgan fingerprint density at radius 2 is 1.94 bits per heavy atom. The van der Waals surface area contributed by atoms with Crippen molar-refractivity contribution in [3.63, 3.8) is 0 Å². The number of sulfonamides is 1. The van der Waals surface area contributed by atoms with E-state index < -0.39 is 10.0 Å². The molecule has 0 saturated heterocycles. The van der Waals surface area contributed by atoms with Crippen LogP contribution in [-0.2, 0) is 16.4 Å². The van der Waals surface area contributed by atoms with Crippen LogP contribution in [0, 0.1) is 0 Å². The number of halogens is 1. The molecule has 2 aromatic carbocycles. The average molecular weight is 490 g/mol. The number of hydrogen-bond acceptors (Lipinski definition) is 7. The van der Waals surface area contributed by atoms with Gasteiger partial charge in [-0.05, 0) is 55.0 Å². The number of hydrogen-bond donors (Lipinski definition) is 1. The van der Waals surface area contributed by atoms with Crippen LogP contribution in [-0.4, -0.2) is 35.1 Å². The topological polar surface area (TPSA) is 98.5 Å². The molecule has 8 nitrogen and oxygen atoms in total. The predicted octanol–water partition coefficient (Wildman–Crippen LogP) is 4.69. The second kappa shape index (κ2) is 9.35. The highest BCUT2D eigenvalue weighted by atomic mass is 35.5. The first-order chi connectivity index (χ1) is 15.4. The standard InChI is InChI=1S/C21H20ClN5O3S2/c1-3-4-16-12-20(27-21(25-16)23-13-24-27)31-17-8-6-15(7-9-17)26-32(28,29)19-11-14(22)5-10-18(19)30-2/h5-13,26H,3-4H2,1-2H3. The lowest BCUT2D eigenvalue weighted by Crippen LogP contribution is -2.14. The van der Waals surface area contributed by atoms with Gasteiger partial charge in [-0.15, -0.1) is 0 Å². The SMILES string of the molecule is CCCc1cc(Sc2ccc(NS(=O)(=O)c3cc(Cl)ccc3OC)cc2)n2ncnc2n1. The predicted molar refractivity (Wildman–Crippen MR) is 124 cm³/mol. The molecule has 0 aliphatic rings. The summed E-state index contributed by atoms with van der Waals surface area (Å²) in [5.74, 6) is 0.768. The summed E-state index contributed by atoms with van der Waals surface area (Å²) >= 11 is 7.48. The van der Waals surface area contributed by atoms with Crippen LogP contribution in [0.15, 0.2) is 69.7 Å². The first kappa shape index (κ1) is 22.4. The molecule has 2 aromatic heterocycles. The molecule has 4 aromatic rings. The van der Waals surface area contributed by atoms with Crippen LogP contribution in [0.5, 0.6) is 5.75 Å². The summed E-state index contributed by atoms with van der Waals surface area (Å²) in [6.07, 6.45) is 3.31. The van der Waals surface area contributed by atoms with Gasteiger partial charge in [0.15, 0.2) is 0 Å². The molecular weight excluding hydrogens is 470 g/mol. The van der Waals surface area contributed by atoms with Gasteiger partial charge in [0, 0.05) is 21.3 Å². The Morgan fingerprint density at radius 1 is 1.16 bits per heavy atom. The number of nitrogens with zero attached hydrogens (tertiary/aromatic N) is 4. The number of aryl methyl sites for hydroxylation is 1. The molecule has 0 aliphatic carbocycles. The number of rotatable bonds is 8. The lowest BCUT2D eigenvalue weighted by atomic mass is 10.2. The van der Waals surface area contributed by atoms with Crippen LogP contribution in [0.25, 0.3) is 5.78 Å². The van der Waals surface area contributed by atoms with Crippen LogP contribution < -0.4 is 9.46 Å². The van der Waals surface area contributed by atoms with Gasteiger partial charge in [0.1, 0.15) is 22.0 Å². The Hall–Kier alpha value is -2.82. The van der Waals surface area contributed by atoms with Crippen molar-refractivity contribution in [3.05, 3.63) is 65.6 Å². The fourth-order valence-corrected chi connectivity index (χ4v) is 5.49. The number of nitrogens with one attached hydrogen (secondary N) is 1. The maximum Gasteiger partial charge on any atom is 0.265 e. The van der Waals surface area contributed by atoms with Crippen LogP contribution in [0.1, 0.15) is 19.0 Å². The van der Waals surface area contributed by atoms with Crippen LogP contribution >= 0.6 is 23.4 Å². The molecule has 0 aliphatic heterocycles. The van der Waals surface area contributed by atoms with E-state index in [9.17, 15) is 8.42 Å². The van der Waals surface area contributed by atoms with E-state index in [1.807, 2.05) is 18.2 Å². The van der Waals surface area contributed by atoms with Gasteiger partial charge in [0.05, 0.1) is 7.11 Å². The summed E-state index contributed by atoms with van der Waals surface area (Å²) in [5.41, 5.74) is 1.37. The molecule has 0 atom stereocenters. The van der Waals surface area contributed by atoms with Crippen LogP contribution in [0.3, 0.4) is 0 Å². The van der Waals surface area contributed by atoms with Crippen LogP contribution in [0.2, 0.25) is 5.02 Å². The van der Waals surface area contributed by atoms with E-state index in [0.29, 0.717) is 16.5 Å². The Bertz CT molecular complexity index is 1360. The third kappa shape index (κ3) is 4.82. The minimum Gasteiger partial charge on any atom is -0.495 e. The lowest BCUT2D eigenvalue weighted by Gasteiger charge is -2.12. The number of ether oxygens (including phenoxy) is 1. The van der Waals surface area contributed by atoms with E-state index in [0.717, 1.165) is 28.5 Å². The fourth-order valence-electron chi connectivity index (χ4n) is 3.07. The van der Waals surface area contributed by atoms with E-state index in [-0.39, 0.29) is 10.6 Å². The van der Waals surface area contributed by atoms with Crippen molar-refractivity contribution in [1.29, 1.82) is 0 Å². The molecule has 11 heteroatoms. The highest BCUT2D eigenvalue weighted by Gasteiger charge is 2.20. The first-order valence-electron chi connectivity index (χ1n) is 9.73. The zero-order valence-electron chi connectivity index (χ0n) is 17.3. The van der Waals surface area contributed by atoms with Gasteiger partial charge in [0.2, 0.25) is 0 Å². The van der Waals surface area contributed by atoms with Gasteiger partial charge >= 0.3 is 0 Å². The molecule has 32 heavy (non-hydrogen) atoms. The van der Waals surface area contributed by atoms with Gasteiger partial charge in [0.25, 0.3) is 15.8 Å². The van der Waals surface area contributed by atoms with E-state index in [1.54, 1.807) is 22.7 Å². The average Bonchev–Trinajstić information content (AvgIpc) is 3.24. The quantitative estimate of drug-likeness (QED) is 0.358. The molecule has 0 unspecified atom stereocenters. The molecule has 4 rings (SSSR count). The van der Waals surface area contributed by atoms with E-state index >= 15 is 0 Å². The summed E-state index contributed by atoms with van der Waals surface area (Å²) in [5, 5.41) is 5.43. The summed E-state index contributed by atoms with van der Waals surface area (Å²) in [6.45, 7) is 2.10. The molecular formula is C21H20ClN5O3S2. The fraction of sp³-hybridized carbons (Fsp3) is 0.190. The molecule has 0 spiro atoms. The number of benzene rings is 2. The zero-order chi connectivity index (χ0) is 22.7. The van der Waals surface area contributed by atoms with Crippen molar-refractivity contribution in [2.45, 2.75) is 34.6 Å². The number of anilines is 1.